The van der Waals surface area contributed by atoms with Gasteiger partial charge in [0.05, 0.1) is 5.54 Å². The van der Waals surface area contributed by atoms with Crippen LogP contribution >= 0.6 is 0 Å². The fraction of sp³-hybridized carbons (Fsp3) is 0.833. The van der Waals surface area contributed by atoms with Crippen LogP contribution in [0.5, 0.6) is 0 Å². The van der Waals surface area contributed by atoms with Gasteiger partial charge in [0.25, 0.3) is 0 Å². The van der Waals surface area contributed by atoms with Gasteiger partial charge in [0, 0.05) is 6.92 Å². The van der Waals surface area contributed by atoms with E-state index in [1.807, 2.05) is 6.92 Å². The summed E-state index contributed by atoms with van der Waals surface area (Å²) in [5.41, 5.74) is 6.02. The molecule has 16 heavy (non-hydrogen) atoms. The summed E-state index contributed by atoms with van der Waals surface area (Å²) in [5.74, 6) is 2.14. The molecule has 1 aromatic heterocycles. The molecule has 0 atom stereocenters. The maximum absolute atomic E-state index is 6.37. The largest absolute Gasteiger partial charge is 0.340 e. The Morgan fingerprint density at radius 1 is 1.44 bits per heavy atom. The normalized spacial score (nSPS) is 30.6. The Labute approximate surface area is 96.6 Å². The van der Waals surface area contributed by atoms with Crippen LogP contribution in [0.1, 0.15) is 57.2 Å². The Hall–Kier alpha value is -0.900. The minimum Gasteiger partial charge on any atom is -0.340 e. The van der Waals surface area contributed by atoms with Gasteiger partial charge in [0.15, 0.2) is 5.82 Å². The van der Waals surface area contributed by atoms with Crippen molar-refractivity contribution in [2.24, 2.45) is 11.7 Å². The van der Waals surface area contributed by atoms with Gasteiger partial charge in [-0.3, -0.25) is 0 Å². The lowest BCUT2D eigenvalue weighted by atomic mass is 9.75. The summed E-state index contributed by atoms with van der Waals surface area (Å²) in [5, 5.41) is 3.97. The highest BCUT2D eigenvalue weighted by molar-refractivity contribution is 5.05. The fourth-order valence-electron chi connectivity index (χ4n) is 2.61. The van der Waals surface area contributed by atoms with Gasteiger partial charge in [-0.15, -0.1) is 0 Å². The maximum atomic E-state index is 6.37. The third-order valence-corrected chi connectivity index (χ3v) is 3.67. The first-order valence-electron chi connectivity index (χ1n) is 6.24. The molecule has 1 heterocycles. The van der Waals surface area contributed by atoms with Crippen molar-refractivity contribution in [1.82, 2.24) is 10.1 Å². The van der Waals surface area contributed by atoms with Crippen LogP contribution in [-0.2, 0) is 5.54 Å². The summed E-state index contributed by atoms with van der Waals surface area (Å²) in [6.45, 7) is 4.05. The summed E-state index contributed by atoms with van der Waals surface area (Å²) in [4.78, 5) is 4.27. The molecule has 4 nitrogen and oxygen atoms in total. The standard InChI is InChI=1S/C12H21N3O/c1-3-4-10-5-7-12(13,8-6-10)11-14-9(2)16-15-11/h10H,3-8,13H2,1-2H3. The highest BCUT2D eigenvalue weighted by Crippen LogP contribution is 2.37. The van der Waals surface area contributed by atoms with Crippen LogP contribution < -0.4 is 5.73 Å². The number of hydrogen-bond acceptors (Lipinski definition) is 4. The van der Waals surface area contributed by atoms with Crippen molar-refractivity contribution in [2.45, 2.75) is 57.9 Å². The van der Waals surface area contributed by atoms with Crippen molar-refractivity contribution < 1.29 is 4.52 Å². The van der Waals surface area contributed by atoms with E-state index in [4.69, 9.17) is 10.3 Å². The van der Waals surface area contributed by atoms with Crippen LogP contribution in [0.2, 0.25) is 0 Å². The fourth-order valence-corrected chi connectivity index (χ4v) is 2.61. The Balaban J connectivity index is 2.01. The first-order valence-corrected chi connectivity index (χ1v) is 6.24. The van der Waals surface area contributed by atoms with E-state index in [0.717, 1.165) is 18.8 Å². The van der Waals surface area contributed by atoms with Crippen molar-refractivity contribution in [3.63, 3.8) is 0 Å². The van der Waals surface area contributed by atoms with E-state index in [2.05, 4.69) is 17.1 Å². The number of rotatable bonds is 3. The molecule has 2 N–H and O–H groups in total. The van der Waals surface area contributed by atoms with Crippen molar-refractivity contribution in [1.29, 1.82) is 0 Å². The van der Waals surface area contributed by atoms with Crippen LogP contribution in [0.15, 0.2) is 4.52 Å². The molecular formula is C12H21N3O. The van der Waals surface area contributed by atoms with E-state index in [0.29, 0.717) is 11.7 Å². The smallest absolute Gasteiger partial charge is 0.223 e. The Morgan fingerprint density at radius 2 is 2.12 bits per heavy atom. The highest BCUT2D eigenvalue weighted by atomic mass is 16.5. The first-order chi connectivity index (χ1) is 7.64. The van der Waals surface area contributed by atoms with Crippen LogP contribution in [0.3, 0.4) is 0 Å². The number of aromatic nitrogens is 2. The number of nitrogens with zero attached hydrogens (tertiary/aromatic N) is 2. The van der Waals surface area contributed by atoms with Gasteiger partial charge in [-0.05, 0) is 31.6 Å². The number of aryl methyl sites for hydroxylation is 1. The quantitative estimate of drug-likeness (QED) is 0.855. The summed E-state index contributed by atoms with van der Waals surface area (Å²) in [6, 6.07) is 0. The molecule has 0 amide bonds. The highest BCUT2D eigenvalue weighted by Gasteiger charge is 2.36. The molecule has 1 aliphatic carbocycles. The Morgan fingerprint density at radius 3 is 2.62 bits per heavy atom. The molecule has 90 valence electrons. The molecule has 0 radical (unpaired) electrons. The summed E-state index contributed by atoms with van der Waals surface area (Å²) >= 11 is 0. The third-order valence-electron chi connectivity index (χ3n) is 3.67. The topological polar surface area (TPSA) is 64.9 Å². The van der Waals surface area contributed by atoms with E-state index < -0.39 is 0 Å². The minimum atomic E-state index is -0.345. The van der Waals surface area contributed by atoms with Gasteiger partial charge in [-0.2, -0.15) is 4.98 Å². The monoisotopic (exact) mass is 223 g/mol. The van der Waals surface area contributed by atoms with E-state index in [1.165, 1.54) is 25.7 Å². The van der Waals surface area contributed by atoms with Crippen molar-refractivity contribution in [2.75, 3.05) is 0 Å². The van der Waals surface area contributed by atoms with Gasteiger partial charge >= 0.3 is 0 Å². The van der Waals surface area contributed by atoms with E-state index in [9.17, 15) is 0 Å². The van der Waals surface area contributed by atoms with Crippen LogP contribution in [0.4, 0.5) is 0 Å². The molecule has 0 spiro atoms. The molecule has 4 heteroatoms. The minimum absolute atomic E-state index is 0.345. The van der Waals surface area contributed by atoms with Gasteiger partial charge in [-0.1, -0.05) is 24.9 Å². The van der Waals surface area contributed by atoms with Gasteiger partial charge in [-0.25, -0.2) is 0 Å². The lowest BCUT2D eigenvalue weighted by Crippen LogP contribution is -2.41. The molecule has 0 aliphatic heterocycles. The van der Waals surface area contributed by atoms with Crippen molar-refractivity contribution in [3.8, 4) is 0 Å². The number of hydrogen-bond donors (Lipinski definition) is 1. The summed E-state index contributed by atoms with van der Waals surface area (Å²) in [6.07, 6.45) is 6.94. The second kappa shape index (κ2) is 4.53. The van der Waals surface area contributed by atoms with Crippen LogP contribution in [-0.4, -0.2) is 10.1 Å². The zero-order valence-corrected chi connectivity index (χ0v) is 10.2. The number of nitrogens with two attached hydrogens (primary N) is 1. The van der Waals surface area contributed by atoms with Crippen LogP contribution in [0, 0.1) is 12.8 Å². The van der Waals surface area contributed by atoms with Gasteiger partial charge < -0.3 is 10.3 Å². The molecule has 1 aromatic rings. The van der Waals surface area contributed by atoms with Gasteiger partial charge in [0.1, 0.15) is 0 Å². The third kappa shape index (κ3) is 2.26. The maximum Gasteiger partial charge on any atom is 0.223 e. The van der Waals surface area contributed by atoms with Crippen molar-refractivity contribution in [3.05, 3.63) is 11.7 Å². The van der Waals surface area contributed by atoms with Gasteiger partial charge in [0.2, 0.25) is 5.89 Å². The molecule has 1 saturated carbocycles. The second-order valence-electron chi connectivity index (χ2n) is 5.03. The molecule has 0 unspecified atom stereocenters. The first kappa shape index (κ1) is 11.6. The summed E-state index contributed by atoms with van der Waals surface area (Å²) < 4.78 is 5.02. The molecule has 2 rings (SSSR count). The molecule has 0 bridgehead atoms. The summed E-state index contributed by atoms with van der Waals surface area (Å²) in [7, 11) is 0. The van der Waals surface area contributed by atoms with E-state index in [1.54, 1.807) is 0 Å². The molecule has 0 saturated heterocycles. The molecular weight excluding hydrogens is 202 g/mol. The van der Waals surface area contributed by atoms with Crippen molar-refractivity contribution >= 4 is 0 Å². The zero-order chi connectivity index (χ0) is 11.6. The predicted molar refractivity (Wildman–Crippen MR) is 61.8 cm³/mol. The predicted octanol–water partition coefficient (Wildman–Crippen LogP) is 2.52. The average Bonchev–Trinajstić information content (AvgIpc) is 2.70. The SMILES string of the molecule is CCCC1CCC(N)(c2noc(C)n2)CC1. The molecule has 1 fully saturated rings. The second-order valence-corrected chi connectivity index (χ2v) is 5.03. The Bertz CT molecular complexity index is 340. The average molecular weight is 223 g/mol. The van der Waals surface area contributed by atoms with Crippen LogP contribution in [0.25, 0.3) is 0 Å². The van der Waals surface area contributed by atoms with E-state index >= 15 is 0 Å². The molecule has 1 aliphatic rings. The zero-order valence-electron chi connectivity index (χ0n) is 10.2. The van der Waals surface area contributed by atoms with E-state index in [-0.39, 0.29) is 5.54 Å². The lowest BCUT2D eigenvalue weighted by molar-refractivity contribution is 0.212. The lowest BCUT2D eigenvalue weighted by Gasteiger charge is -2.34. The molecule has 0 aromatic carbocycles. The Kier molecular flexibility index (Phi) is 3.28.